The second-order valence-electron chi connectivity index (χ2n) is 2.71. The fourth-order valence-corrected chi connectivity index (χ4v) is 0.409. The van der Waals surface area contributed by atoms with Crippen LogP contribution >= 0.6 is 0 Å². The lowest BCUT2D eigenvalue weighted by Crippen LogP contribution is -1.97. The summed E-state index contributed by atoms with van der Waals surface area (Å²) < 4.78 is 0. The van der Waals surface area contributed by atoms with Crippen molar-refractivity contribution in [2.24, 2.45) is 0 Å². The van der Waals surface area contributed by atoms with Crippen molar-refractivity contribution in [3.63, 3.8) is 0 Å². The van der Waals surface area contributed by atoms with E-state index in [0.29, 0.717) is 12.0 Å². The van der Waals surface area contributed by atoms with Crippen LogP contribution in [-0.4, -0.2) is 11.1 Å². The third-order valence-electron chi connectivity index (χ3n) is 1.20. The monoisotopic (exact) mass is 182 g/mol. The zero-order valence-electron chi connectivity index (χ0n) is 8.47. The maximum atomic E-state index is 9.99. The van der Waals surface area contributed by atoms with Gasteiger partial charge in [0, 0.05) is 5.57 Å². The Hall–Kier alpha value is -1.31. The van der Waals surface area contributed by atoms with E-state index in [4.69, 9.17) is 5.11 Å². The molecular weight excluding hydrogens is 164 g/mol. The molecule has 0 heterocycles. The summed E-state index contributed by atoms with van der Waals surface area (Å²) >= 11 is 0. The zero-order chi connectivity index (χ0) is 10.9. The predicted molar refractivity (Wildman–Crippen MR) is 56.7 cm³/mol. The molecule has 13 heavy (non-hydrogen) atoms. The van der Waals surface area contributed by atoms with Crippen molar-refractivity contribution in [2.45, 2.75) is 26.7 Å². The fourth-order valence-electron chi connectivity index (χ4n) is 0.409. The van der Waals surface area contributed by atoms with Gasteiger partial charge in [0.2, 0.25) is 0 Å². The molecule has 0 rings (SSSR count). The normalized spacial score (nSPS) is 7.85. The summed E-state index contributed by atoms with van der Waals surface area (Å²) in [6.45, 7) is 14.2. The number of hydrogen-bond donors (Lipinski definition) is 1. The first-order valence-corrected chi connectivity index (χ1v) is 4.14. The van der Waals surface area contributed by atoms with Crippen molar-refractivity contribution in [3.8, 4) is 0 Å². The van der Waals surface area contributed by atoms with Gasteiger partial charge in [0.25, 0.3) is 0 Å². The first-order valence-electron chi connectivity index (χ1n) is 4.14. The Morgan fingerprint density at radius 3 is 1.92 bits per heavy atom. The molecule has 1 N–H and O–H groups in total. The molecule has 0 aliphatic rings. The molecule has 0 unspecified atom stereocenters. The molecule has 0 atom stereocenters. The Bertz CT molecular complexity index is 202. The van der Waals surface area contributed by atoms with Crippen LogP contribution in [0.3, 0.4) is 0 Å². The third-order valence-corrected chi connectivity index (χ3v) is 1.20. The summed E-state index contributed by atoms with van der Waals surface area (Å²) in [5.74, 6) is -0.883. The number of allylic oxidation sites excluding steroid dienone is 2. The molecule has 0 aromatic carbocycles. The van der Waals surface area contributed by atoms with Crippen molar-refractivity contribution in [3.05, 3.63) is 37.0 Å². The Morgan fingerprint density at radius 1 is 1.46 bits per heavy atom. The average molecular weight is 182 g/mol. The quantitative estimate of drug-likeness (QED) is 0.535. The second kappa shape index (κ2) is 8.78. The van der Waals surface area contributed by atoms with Gasteiger partial charge in [0.15, 0.2) is 0 Å². The molecule has 0 radical (unpaired) electrons. The summed E-state index contributed by atoms with van der Waals surface area (Å²) in [5.41, 5.74) is 1.32. The highest BCUT2D eigenvalue weighted by molar-refractivity contribution is 5.85. The van der Waals surface area contributed by atoms with E-state index in [2.05, 4.69) is 19.7 Å². The Morgan fingerprint density at radius 2 is 1.85 bits per heavy atom. The van der Waals surface area contributed by atoms with Crippen molar-refractivity contribution in [1.82, 2.24) is 0 Å². The summed E-state index contributed by atoms with van der Waals surface area (Å²) in [4.78, 5) is 9.99. The van der Waals surface area contributed by atoms with Gasteiger partial charge < -0.3 is 5.11 Å². The van der Waals surface area contributed by atoms with Crippen LogP contribution in [0.15, 0.2) is 37.0 Å². The smallest absolute Gasteiger partial charge is 0.330 e. The fraction of sp³-hybridized carbons (Fsp3) is 0.364. The predicted octanol–water partition coefficient (Wildman–Crippen LogP) is 3.18. The van der Waals surface area contributed by atoms with Gasteiger partial charge >= 0.3 is 5.97 Å². The SMILES string of the molecule is C=C(CCC)C(=O)O.C=CC(=C)C. The van der Waals surface area contributed by atoms with E-state index in [-0.39, 0.29) is 0 Å². The van der Waals surface area contributed by atoms with E-state index >= 15 is 0 Å². The van der Waals surface area contributed by atoms with Gasteiger partial charge in [-0.25, -0.2) is 4.79 Å². The van der Waals surface area contributed by atoms with Crippen LogP contribution in [0.1, 0.15) is 26.7 Å². The molecule has 2 nitrogen and oxygen atoms in total. The molecule has 0 bridgehead atoms. The second-order valence-corrected chi connectivity index (χ2v) is 2.71. The van der Waals surface area contributed by atoms with Crippen LogP contribution in [-0.2, 0) is 4.79 Å². The van der Waals surface area contributed by atoms with Crippen molar-refractivity contribution < 1.29 is 9.90 Å². The lowest BCUT2D eigenvalue weighted by atomic mass is 10.2. The lowest BCUT2D eigenvalue weighted by Gasteiger charge is -1.92. The van der Waals surface area contributed by atoms with E-state index in [9.17, 15) is 4.79 Å². The van der Waals surface area contributed by atoms with E-state index < -0.39 is 5.97 Å². The summed E-state index contributed by atoms with van der Waals surface area (Å²) in [7, 11) is 0. The van der Waals surface area contributed by atoms with Crippen LogP contribution in [0.4, 0.5) is 0 Å². The summed E-state index contributed by atoms with van der Waals surface area (Å²) in [5, 5.41) is 8.21. The number of carbonyl (C=O) groups is 1. The molecule has 2 heteroatoms. The highest BCUT2D eigenvalue weighted by atomic mass is 16.4. The number of carboxylic acids is 1. The van der Waals surface area contributed by atoms with Gasteiger partial charge in [-0.05, 0) is 13.3 Å². The molecule has 0 aromatic rings. The minimum absolute atomic E-state index is 0.299. The number of carboxylic acid groups (broad SMARTS) is 1. The van der Waals surface area contributed by atoms with Crippen molar-refractivity contribution in [1.29, 1.82) is 0 Å². The van der Waals surface area contributed by atoms with Gasteiger partial charge in [0.05, 0.1) is 0 Å². The van der Waals surface area contributed by atoms with Gasteiger partial charge in [-0.1, -0.05) is 44.7 Å². The van der Waals surface area contributed by atoms with Gasteiger partial charge in [-0.2, -0.15) is 0 Å². The topological polar surface area (TPSA) is 37.3 Å². The molecule has 0 spiro atoms. The van der Waals surface area contributed by atoms with Crippen LogP contribution in [0.5, 0.6) is 0 Å². The number of hydrogen-bond acceptors (Lipinski definition) is 1. The maximum Gasteiger partial charge on any atom is 0.330 e. The zero-order valence-corrected chi connectivity index (χ0v) is 8.47. The highest BCUT2D eigenvalue weighted by Crippen LogP contribution is 1.99. The minimum Gasteiger partial charge on any atom is -0.478 e. The minimum atomic E-state index is -0.883. The molecule has 0 aromatic heterocycles. The van der Waals surface area contributed by atoms with Crippen molar-refractivity contribution >= 4 is 5.97 Å². The van der Waals surface area contributed by atoms with E-state index in [1.54, 1.807) is 6.08 Å². The van der Waals surface area contributed by atoms with E-state index in [1.165, 1.54) is 0 Å². The molecule has 0 saturated heterocycles. The highest BCUT2D eigenvalue weighted by Gasteiger charge is 1.99. The van der Waals surface area contributed by atoms with Gasteiger partial charge in [-0.15, -0.1) is 0 Å². The molecular formula is C11H18O2. The average Bonchev–Trinajstić information content (AvgIpc) is 2.06. The molecule has 0 fully saturated rings. The Kier molecular flexibility index (Phi) is 9.61. The molecule has 0 aliphatic heterocycles. The van der Waals surface area contributed by atoms with E-state index in [1.807, 2.05) is 13.8 Å². The first-order chi connectivity index (χ1) is 5.95. The van der Waals surface area contributed by atoms with Gasteiger partial charge in [-0.3, -0.25) is 0 Å². The summed E-state index contributed by atoms with van der Waals surface area (Å²) in [6.07, 6.45) is 3.17. The van der Waals surface area contributed by atoms with Crippen LogP contribution < -0.4 is 0 Å². The number of aliphatic carboxylic acids is 1. The van der Waals surface area contributed by atoms with Crippen LogP contribution in [0.25, 0.3) is 0 Å². The van der Waals surface area contributed by atoms with E-state index in [0.717, 1.165) is 12.0 Å². The third kappa shape index (κ3) is 13.7. The van der Waals surface area contributed by atoms with Crippen LogP contribution in [0, 0.1) is 0 Å². The standard InChI is InChI=1S/C6H10O2.C5H8/c1-3-4-5(2)6(7)8;1-4-5(2)3/h2-4H2,1H3,(H,7,8);4H,1-2H2,3H3. The number of rotatable bonds is 4. The molecule has 0 aliphatic carbocycles. The van der Waals surface area contributed by atoms with Gasteiger partial charge in [0.1, 0.15) is 0 Å². The molecule has 74 valence electrons. The van der Waals surface area contributed by atoms with Crippen LogP contribution in [0.2, 0.25) is 0 Å². The molecule has 0 saturated carbocycles. The maximum absolute atomic E-state index is 9.99. The Labute approximate surface area is 80.3 Å². The molecule has 0 amide bonds. The van der Waals surface area contributed by atoms with Crippen molar-refractivity contribution in [2.75, 3.05) is 0 Å². The first kappa shape index (κ1) is 14.2. The Balaban J connectivity index is 0. The lowest BCUT2D eigenvalue weighted by molar-refractivity contribution is -0.132. The largest absolute Gasteiger partial charge is 0.478 e. The summed E-state index contributed by atoms with van der Waals surface area (Å²) in [6, 6.07) is 0.